The first-order chi connectivity index (χ1) is 12.1. The van der Waals surface area contributed by atoms with Crippen LogP contribution in [0.4, 0.5) is 0 Å². The summed E-state index contributed by atoms with van der Waals surface area (Å²) in [6.45, 7) is 3.00. The molecule has 0 aliphatic heterocycles. The van der Waals surface area contributed by atoms with Crippen molar-refractivity contribution in [1.82, 2.24) is 0 Å². The Morgan fingerprint density at radius 1 is 0.760 bits per heavy atom. The lowest BCUT2D eigenvalue weighted by Crippen LogP contribution is -2.17. The molecule has 1 atom stereocenters. The number of carboxylic acids is 2. The molecule has 0 spiro atoms. The van der Waals surface area contributed by atoms with Crippen LogP contribution in [-0.4, -0.2) is 86.7 Å². The Morgan fingerprint density at radius 3 is 1.76 bits per heavy atom. The van der Waals surface area contributed by atoms with E-state index in [4.69, 9.17) is 34.3 Å². The largest absolute Gasteiger partial charge is 0.481 e. The number of aliphatic hydroxyl groups excluding tert-OH is 1. The first-order valence-electron chi connectivity index (χ1n) is 8.41. The monoisotopic (exact) mass is 366 g/mol. The molecule has 0 bridgehead atoms. The zero-order chi connectivity index (χ0) is 18.8. The quantitative estimate of drug-likeness (QED) is 0.278. The predicted octanol–water partition coefficient (Wildman–Crippen LogP) is 0.391. The van der Waals surface area contributed by atoms with Crippen LogP contribution in [0.1, 0.15) is 25.7 Å². The van der Waals surface area contributed by atoms with Gasteiger partial charge in [0.2, 0.25) is 0 Å². The zero-order valence-electron chi connectivity index (χ0n) is 14.6. The van der Waals surface area contributed by atoms with Gasteiger partial charge in [0.25, 0.3) is 0 Å². The van der Waals surface area contributed by atoms with Gasteiger partial charge in [0, 0.05) is 6.42 Å². The highest BCUT2D eigenvalue weighted by Gasteiger charge is 2.14. The third-order valence-corrected chi connectivity index (χ3v) is 3.17. The molecule has 9 nitrogen and oxygen atoms in total. The SMILES string of the molecule is O=C(O)CCCC(COCCOCCOCCOCCO)CC(=O)O. The average Bonchev–Trinajstić information content (AvgIpc) is 2.54. The zero-order valence-corrected chi connectivity index (χ0v) is 14.6. The molecule has 0 saturated heterocycles. The maximum absolute atomic E-state index is 10.8. The normalized spacial score (nSPS) is 12.2. The molecule has 0 rings (SSSR count). The topological polar surface area (TPSA) is 132 Å². The van der Waals surface area contributed by atoms with E-state index in [1.807, 2.05) is 0 Å². The lowest BCUT2D eigenvalue weighted by Gasteiger charge is -2.14. The Morgan fingerprint density at radius 2 is 1.28 bits per heavy atom. The second kappa shape index (κ2) is 17.6. The molecule has 25 heavy (non-hydrogen) atoms. The van der Waals surface area contributed by atoms with E-state index in [1.165, 1.54) is 0 Å². The van der Waals surface area contributed by atoms with Crippen LogP contribution in [0.3, 0.4) is 0 Å². The summed E-state index contributed by atoms with van der Waals surface area (Å²) < 4.78 is 21.0. The fraction of sp³-hybridized carbons (Fsp3) is 0.875. The predicted molar refractivity (Wildman–Crippen MR) is 87.6 cm³/mol. The number of aliphatic carboxylic acids is 2. The molecule has 0 aromatic carbocycles. The number of carbonyl (C=O) groups is 2. The molecule has 0 fully saturated rings. The summed E-state index contributed by atoms with van der Waals surface area (Å²) in [4.78, 5) is 21.3. The van der Waals surface area contributed by atoms with Crippen LogP contribution in [0.5, 0.6) is 0 Å². The fourth-order valence-corrected chi connectivity index (χ4v) is 2.01. The van der Waals surface area contributed by atoms with Crippen molar-refractivity contribution >= 4 is 11.9 Å². The summed E-state index contributed by atoms with van der Waals surface area (Å²) in [5.41, 5.74) is 0. The van der Waals surface area contributed by atoms with Crippen molar-refractivity contribution in [2.24, 2.45) is 5.92 Å². The van der Waals surface area contributed by atoms with Crippen molar-refractivity contribution in [2.75, 3.05) is 59.5 Å². The van der Waals surface area contributed by atoms with Crippen molar-refractivity contribution in [3.8, 4) is 0 Å². The number of ether oxygens (including phenoxy) is 4. The van der Waals surface area contributed by atoms with Crippen molar-refractivity contribution in [3.63, 3.8) is 0 Å². The smallest absolute Gasteiger partial charge is 0.303 e. The van der Waals surface area contributed by atoms with E-state index < -0.39 is 11.9 Å². The fourth-order valence-electron chi connectivity index (χ4n) is 2.01. The lowest BCUT2D eigenvalue weighted by molar-refractivity contribution is -0.138. The third-order valence-electron chi connectivity index (χ3n) is 3.17. The van der Waals surface area contributed by atoms with E-state index in [0.717, 1.165) is 0 Å². The van der Waals surface area contributed by atoms with Crippen molar-refractivity contribution in [1.29, 1.82) is 0 Å². The molecule has 0 saturated carbocycles. The molecule has 0 aromatic rings. The van der Waals surface area contributed by atoms with Crippen LogP contribution in [0, 0.1) is 5.92 Å². The summed E-state index contributed by atoms with van der Waals surface area (Å²) in [5, 5.41) is 26.0. The number of hydrogen-bond donors (Lipinski definition) is 3. The minimum absolute atomic E-state index is 0.00398. The van der Waals surface area contributed by atoms with Gasteiger partial charge >= 0.3 is 11.9 Å². The van der Waals surface area contributed by atoms with E-state index in [9.17, 15) is 9.59 Å². The first-order valence-corrected chi connectivity index (χ1v) is 8.41. The summed E-state index contributed by atoms with van der Waals surface area (Å²) in [6.07, 6.45) is 0.940. The van der Waals surface area contributed by atoms with Crippen molar-refractivity contribution < 1.29 is 43.9 Å². The van der Waals surface area contributed by atoms with Gasteiger partial charge in [0.15, 0.2) is 0 Å². The Balaban J connectivity index is 3.51. The second-order valence-electron chi connectivity index (χ2n) is 5.39. The summed E-state index contributed by atoms with van der Waals surface area (Å²) in [7, 11) is 0. The molecular formula is C16H30O9. The van der Waals surface area contributed by atoms with Crippen molar-refractivity contribution in [3.05, 3.63) is 0 Å². The van der Waals surface area contributed by atoms with E-state index in [-0.39, 0.29) is 32.0 Å². The Hall–Kier alpha value is -1.26. The van der Waals surface area contributed by atoms with Crippen molar-refractivity contribution in [2.45, 2.75) is 25.7 Å². The number of hydrogen-bond acceptors (Lipinski definition) is 7. The summed E-state index contributed by atoms with van der Waals surface area (Å²) in [6, 6.07) is 0. The van der Waals surface area contributed by atoms with E-state index in [1.54, 1.807) is 0 Å². The number of rotatable bonds is 19. The van der Waals surface area contributed by atoms with Gasteiger partial charge < -0.3 is 34.3 Å². The highest BCUT2D eigenvalue weighted by atomic mass is 16.6. The molecule has 0 aromatic heterocycles. The van der Waals surface area contributed by atoms with Gasteiger partial charge in [0.05, 0.1) is 65.9 Å². The molecule has 1 unspecified atom stereocenters. The highest BCUT2D eigenvalue weighted by molar-refractivity contribution is 5.67. The molecule has 0 aliphatic carbocycles. The molecule has 9 heteroatoms. The lowest BCUT2D eigenvalue weighted by atomic mass is 9.99. The molecule has 0 amide bonds. The first kappa shape index (κ1) is 23.7. The van der Waals surface area contributed by atoms with Gasteiger partial charge in [-0.25, -0.2) is 0 Å². The van der Waals surface area contributed by atoms with Gasteiger partial charge in [-0.3, -0.25) is 9.59 Å². The molecular weight excluding hydrogens is 336 g/mol. The van der Waals surface area contributed by atoms with Gasteiger partial charge in [-0.15, -0.1) is 0 Å². The second-order valence-corrected chi connectivity index (χ2v) is 5.39. The molecule has 0 aliphatic rings. The highest BCUT2D eigenvalue weighted by Crippen LogP contribution is 2.13. The Labute approximate surface area is 147 Å². The molecule has 0 heterocycles. The Kier molecular flexibility index (Phi) is 16.7. The van der Waals surface area contributed by atoms with E-state index >= 15 is 0 Å². The van der Waals surface area contributed by atoms with Crippen LogP contribution in [0.15, 0.2) is 0 Å². The van der Waals surface area contributed by atoms with Crippen LogP contribution in [-0.2, 0) is 28.5 Å². The van der Waals surface area contributed by atoms with Gasteiger partial charge in [-0.1, -0.05) is 0 Å². The van der Waals surface area contributed by atoms with Gasteiger partial charge in [-0.2, -0.15) is 0 Å². The molecule has 3 N–H and O–H groups in total. The van der Waals surface area contributed by atoms with Crippen LogP contribution < -0.4 is 0 Å². The van der Waals surface area contributed by atoms with E-state index in [2.05, 4.69) is 0 Å². The Bertz CT molecular complexity index is 336. The molecule has 148 valence electrons. The van der Waals surface area contributed by atoms with Crippen LogP contribution >= 0.6 is 0 Å². The van der Waals surface area contributed by atoms with Crippen LogP contribution in [0.25, 0.3) is 0 Å². The standard InChI is InChI=1S/C16H30O9/c17-4-5-22-6-7-23-8-9-24-10-11-25-13-14(12-16(20)21)2-1-3-15(18)19/h14,17H,1-13H2,(H,18,19)(H,20,21). The maximum Gasteiger partial charge on any atom is 0.303 e. The third kappa shape index (κ3) is 18.9. The minimum atomic E-state index is -0.916. The number of aliphatic hydroxyl groups is 1. The summed E-state index contributed by atoms with van der Waals surface area (Å²) >= 11 is 0. The van der Waals surface area contributed by atoms with E-state index in [0.29, 0.717) is 59.1 Å². The van der Waals surface area contributed by atoms with Gasteiger partial charge in [-0.05, 0) is 18.8 Å². The van der Waals surface area contributed by atoms with Gasteiger partial charge in [0.1, 0.15) is 0 Å². The van der Waals surface area contributed by atoms with Crippen LogP contribution in [0.2, 0.25) is 0 Å². The average molecular weight is 366 g/mol. The minimum Gasteiger partial charge on any atom is -0.481 e. The maximum atomic E-state index is 10.8. The number of carboxylic acid groups (broad SMARTS) is 2. The summed E-state index contributed by atoms with van der Waals surface area (Å²) in [5.74, 6) is -2.00. The molecule has 0 radical (unpaired) electrons.